The maximum absolute atomic E-state index is 5.81. The zero-order valence-electron chi connectivity index (χ0n) is 14.4. The average Bonchev–Trinajstić information content (AvgIpc) is 3.33. The predicted octanol–water partition coefficient (Wildman–Crippen LogP) is 4.02. The smallest absolute Gasteiger partial charge is 0.237 e. The number of aromatic nitrogens is 4. The van der Waals surface area contributed by atoms with Crippen LogP contribution in [-0.4, -0.2) is 27.1 Å². The summed E-state index contributed by atoms with van der Waals surface area (Å²) in [4.78, 5) is 0. The molecule has 130 valence electrons. The molecule has 2 aromatic carbocycles. The molecule has 0 N–H and O–H groups in total. The number of fused-ring (bicyclic) bond motifs is 1. The van der Waals surface area contributed by atoms with Crippen LogP contribution in [0.15, 0.2) is 52.9 Å². The predicted molar refractivity (Wildman–Crippen MR) is 97.1 cm³/mol. The van der Waals surface area contributed by atoms with Gasteiger partial charge in [-0.2, -0.15) is 5.10 Å². The second kappa shape index (κ2) is 5.98. The van der Waals surface area contributed by atoms with Crippen molar-refractivity contribution in [2.75, 3.05) is 7.11 Å². The molecule has 0 atom stereocenters. The van der Waals surface area contributed by atoms with Crippen LogP contribution in [0.25, 0.3) is 22.2 Å². The standard InChI is InChI=1S/C20H18N4O2/c1-25-15-6-4-5-14(11-15)19-16-7-2-3-8-17(16)24(23-19)12-18-21-22-20(26-18)13-9-10-13/h2-8,11,13H,9-10,12H2,1H3. The molecule has 2 heterocycles. The quantitative estimate of drug-likeness (QED) is 0.546. The molecule has 0 spiro atoms. The molecule has 0 saturated heterocycles. The number of hydrogen-bond donors (Lipinski definition) is 0. The number of para-hydroxylation sites is 1. The van der Waals surface area contributed by atoms with E-state index in [1.165, 1.54) is 0 Å². The fraction of sp³-hybridized carbons (Fsp3) is 0.250. The Morgan fingerprint density at radius 1 is 1.12 bits per heavy atom. The molecular weight excluding hydrogens is 328 g/mol. The van der Waals surface area contributed by atoms with Gasteiger partial charge in [-0.3, -0.25) is 4.68 Å². The molecule has 26 heavy (non-hydrogen) atoms. The number of nitrogens with zero attached hydrogens (tertiary/aromatic N) is 4. The van der Waals surface area contributed by atoms with Crippen LogP contribution in [-0.2, 0) is 6.54 Å². The number of benzene rings is 2. The molecule has 5 rings (SSSR count). The molecule has 6 heteroatoms. The molecule has 0 bridgehead atoms. The second-order valence-corrected chi connectivity index (χ2v) is 6.56. The molecule has 1 fully saturated rings. The molecule has 1 saturated carbocycles. The first-order chi connectivity index (χ1) is 12.8. The summed E-state index contributed by atoms with van der Waals surface area (Å²) in [7, 11) is 1.67. The van der Waals surface area contributed by atoms with E-state index in [9.17, 15) is 0 Å². The molecule has 0 radical (unpaired) electrons. The summed E-state index contributed by atoms with van der Waals surface area (Å²) in [5, 5.41) is 14.3. The van der Waals surface area contributed by atoms with E-state index in [1.807, 2.05) is 41.1 Å². The molecule has 2 aromatic heterocycles. The first kappa shape index (κ1) is 15.1. The average molecular weight is 346 g/mol. The van der Waals surface area contributed by atoms with Crippen molar-refractivity contribution in [1.82, 2.24) is 20.0 Å². The molecule has 6 nitrogen and oxygen atoms in total. The highest BCUT2D eigenvalue weighted by atomic mass is 16.5. The molecule has 0 amide bonds. The van der Waals surface area contributed by atoms with Crippen molar-refractivity contribution in [1.29, 1.82) is 0 Å². The van der Waals surface area contributed by atoms with Crippen molar-refractivity contribution in [3.8, 4) is 17.0 Å². The largest absolute Gasteiger partial charge is 0.497 e. The third kappa shape index (κ3) is 2.63. The van der Waals surface area contributed by atoms with Crippen molar-refractivity contribution in [3.05, 3.63) is 60.3 Å². The van der Waals surface area contributed by atoms with E-state index in [2.05, 4.69) is 22.3 Å². The minimum Gasteiger partial charge on any atom is -0.497 e. The van der Waals surface area contributed by atoms with Crippen LogP contribution in [0.2, 0.25) is 0 Å². The van der Waals surface area contributed by atoms with E-state index in [-0.39, 0.29) is 0 Å². The van der Waals surface area contributed by atoms with Gasteiger partial charge in [0.15, 0.2) is 0 Å². The van der Waals surface area contributed by atoms with Crippen LogP contribution in [0.1, 0.15) is 30.5 Å². The number of methoxy groups -OCH3 is 1. The molecular formula is C20H18N4O2. The maximum atomic E-state index is 5.81. The van der Waals surface area contributed by atoms with Gasteiger partial charge in [0.05, 0.1) is 12.6 Å². The Labute approximate surface area is 150 Å². The first-order valence-electron chi connectivity index (χ1n) is 8.74. The van der Waals surface area contributed by atoms with Gasteiger partial charge >= 0.3 is 0 Å². The number of ether oxygens (including phenoxy) is 1. The van der Waals surface area contributed by atoms with Crippen LogP contribution in [0.5, 0.6) is 5.75 Å². The van der Waals surface area contributed by atoms with Gasteiger partial charge in [-0.1, -0.05) is 30.3 Å². The Hall–Kier alpha value is -3.15. The van der Waals surface area contributed by atoms with Crippen LogP contribution in [0.3, 0.4) is 0 Å². The van der Waals surface area contributed by atoms with Crippen molar-refractivity contribution < 1.29 is 9.15 Å². The maximum Gasteiger partial charge on any atom is 0.237 e. The van der Waals surface area contributed by atoms with Gasteiger partial charge in [0.2, 0.25) is 11.8 Å². The van der Waals surface area contributed by atoms with Crippen LogP contribution in [0, 0.1) is 0 Å². The summed E-state index contributed by atoms with van der Waals surface area (Å²) < 4.78 is 13.1. The minimum atomic E-state index is 0.456. The van der Waals surface area contributed by atoms with Gasteiger partial charge < -0.3 is 9.15 Å². The summed E-state index contributed by atoms with van der Waals surface area (Å²) in [5.41, 5.74) is 2.97. The number of hydrogen-bond acceptors (Lipinski definition) is 5. The topological polar surface area (TPSA) is 66.0 Å². The van der Waals surface area contributed by atoms with Crippen LogP contribution < -0.4 is 4.74 Å². The summed E-state index contributed by atoms with van der Waals surface area (Å²) >= 11 is 0. The zero-order valence-corrected chi connectivity index (χ0v) is 14.4. The lowest BCUT2D eigenvalue weighted by Crippen LogP contribution is -2.02. The summed E-state index contributed by atoms with van der Waals surface area (Å²) in [6.07, 6.45) is 2.29. The lowest BCUT2D eigenvalue weighted by atomic mass is 10.1. The Bertz CT molecular complexity index is 1080. The highest BCUT2D eigenvalue weighted by molar-refractivity contribution is 5.93. The van der Waals surface area contributed by atoms with Gasteiger partial charge in [-0.05, 0) is 31.0 Å². The van der Waals surface area contributed by atoms with E-state index >= 15 is 0 Å². The van der Waals surface area contributed by atoms with Gasteiger partial charge in [-0.15, -0.1) is 10.2 Å². The highest BCUT2D eigenvalue weighted by Gasteiger charge is 2.29. The van der Waals surface area contributed by atoms with Gasteiger partial charge in [0.1, 0.15) is 18.0 Å². The molecule has 1 aliphatic rings. The van der Waals surface area contributed by atoms with E-state index in [1.54, 1.807) is 7.11 Å². The normalized spacial score (nSPS) is 14.0. The minimum absolute atomic E-state index is 0.456. The summed E-state index contributed by atoms with van der Waals surface area (Å²) in [6, 6.07) is 16.1. The zero-order chi connectivity index (χ0) is 17.5. The number of rotatable bonds is 5. The van der Waals surface area contributed by atoms with Crippen molar-refractivity contribution in [2.24, 2.45) is 0 Å². The lowest BCUT2D eigenvalue weighted by molar-refractivity contribution is 0.415. The Morgan fingerprint density at radius 3 is 2.85 bits per heavy atom. The van der Waals surface area contributed by atoms with E-state index in [0.717, 1.165) is 46.6 Å². The fourth-order valence-corrected chi connectivity index (χ4v) is 3.19. The molecule has 4 aromatic rings. The van der Waals surface area contributed by atoms with Gasteiger partial charge in [-0.25, -0.2) is 0 Å². The van der Waals surface area contributed by atoms with Gasteiger partial charge in [0.25, 0.3) is 0 Å². The van der Waals surface area contributed by atoms with E-state index < -0.39 is 0 Å². The molecule has 0 aliphatic heterocycles. The Morgan fingerprint density at radius 2 is 2.00 bits per heavy atom. The van der Waals surface area contributed by atoms with Crippen LogP contribution in [0.4, 0.5) is 0 Å². The first-order valence-corrected chi connectivity index (χ1v) is 8.74. The fourth-order valence-electron chi connectivity index (χ4n) is 3.19. The third-order valence-corrected chi connectivity index (χ3v) is 4.70. The third-order valence-electron chi connectivity index (χ3n) is 4.70. The summed E-state index contributed by atoms with van der Waals surface area (Å²) in [6.45, 7) is 0.463. The molecule has 1 aliphatic carbocycles. The monoisotopic (exact) mass is 346 g/mol. The van der Waals surface area contributed by atoms with Gasteiger partial charge in [0, 0.05) is 16.9 Å². The Kier molecular flexibility index (Phi) is 3.48. The van der Waals surface area contributed by atoms with E-state index in [4.69, 9.17) is 14.3 Å². The SMILES string of the molecule is COc1cccc(-c2nn(Cc3nnc(C4CC4)o3)c3ccccc23)c1. The second-order valence-electron chi connectivity index (χ2n) is 6.56. The van der Waals surface area contributed by atoms with Crippen LogP contribution >= 0.6 is 0 Å². The Balaban J connectivity index is 1.57. The van der Waals surface area contributed by atoms with Crippen molar-refractivity contribution in [3.63, 3.8) is 0 Å². The van der Waals surface area contributed by atoms with E-state index in [0.29, 0.717) is 18.4 Å². The summed E-state index contributed by atoms with van der Waals surface area (Å²) in [5.74, 6) is 2.62. The van der Waals surface area contributed by atoms with Crippen molar-refractivity contribution >= 4 is 10.9 Å². The molecule has 0 unspecified atom stereocenters. The van der Waals surface area contributed by atoms with Crippen molar-refractivity contribution in [2.45, 2.75) is 25.3 Å². The highest BCUT2D eigenvalue weighted by Crippen LogP contribution is 2.39. The lowest BCUT2D eigenvalue weighted by Gasteiger charge is -2.02.